The lowest BCUT2D eigenvalue weighted by Gasteiger charge is -2.10. The van der Waals surface area contributed by atoms with Crippen LogP contribution in [0, 0.1) is 13.8 Å². The van der Waals surface area contributed by atoms with Crippen LogP contribution in [-0.2, 0) is 16.0 Å². The maximum Gasteiger partial charge on any atom is 0.345 e. The van der Waals surface area contributed by atoms with Crippen LogP contribution in [0.15, 0.2) is 4.79 Å². The van der Waals surface area contributed by atoms with Crippen molar-refractivity contribution in [3.05, 3.63) is 27.4 Å². The number of carbonyl (C=O) groups excluding carboxylic acids is 1. The minimum absolute atomic E-state index is 0.135. The zero-order valence-corrected chi connectivity index (χ0v) is 9.96. The summed E-state index contributed by atoms with van der Waals surface area (Å²) < 4.78 is 5.04. The Kier molecular flexibility index (Phi) is 3.82. The molecule has 5 heteroatoms. The molecule has 0 radical (unpaired) electrons. The highest BCUT2D eigenvalue weighted by atomic mass is 16.5. The lowest BCUT2D eigenvalue weighted by atomic mass is 10.1. The molecule has 16 heavy (non-hydrogen) atoms. The summed E-state index contributed by atoms with van der Waals surface area (Å²) in [5.41, 5.74) is 1.57. The van der Waals surface area contributed by atoms with Crippen molar-refractivity contribution in [3.63, 3.8) is 0 Å². The molecule has 88 valence electrons. The van der Waals surface area contributed by atoms with Crippen molar-refractivity contribution in [2.75, 3.05) is 0 Å². The van der Waals surface area contributed by atoms with Crippen LogP contribution in [0.25, 0.3) is 0 Å². The Morgan fingerprint density at radius 3 is 2.56 bits per heavy atom. The Morgan fingerprint density at radius 2 is 2.06 bits per heavy atom. The number of hydrogen-bond acceptors (Lipinski definition) is 4. The first-order valence-corrected chi connectivity index (χ1v) is 5.16. The summed E-state index contributed by atoms with van der Waals surface area (Å²) >= 11 is 0. The van der Waals surface area contributed by atoms with Crippen LogP contribution in [0.3, 0.4) is 0 Å². The monoisotopic (exact) mass is 224 g/mol. The molecule has 0 fully saturated rings. The number of nitrogens with zero attached hydrogens (tertiary/aromatic N) is 1. The summed E-state index contributed by atoms with van der Waals surface area (Å²) in [4.78, 5) is 28.8. The number of aryl methyl sites for hydroxylation is 2. The van der Waals surface area contributed by atoms with Gasteiger partial charge in [-0.2, -0.15) is 4.98 Å². The fourth-order valence-corrected chi connectivity index (χ4v) is 1.46. The molecule has 0 spiro atoms. The standard InChI is InChI=1S/C11H16N2O3/c1-6(2)16-10(14)5-9-7(3)12-11(15)13-8(9)4/h6H,5H2,1-4H3,(H,12,13,15). The second-order valence-corrected chi connectivity index (χ2v) is 3.95. The second kappa shape index (κ2) is 4.92. The molecule has 1 aromatic rings. The molecule has 0 aromatic carbocycles. The molecule has 0 amide bonds. The number of hydrogen-bond donors (Lipinski definition) is 1. The normalized spacial score (nSPS) is 10.6. The van der Waals surface area contributed by atoms with E-state index < -0.39 is 5.69 Å². The number of ether oxygens (including phenoxy) is 1. The van der Waals surface area contributed by atoms with E-state index in [0.717, 1.165) is 5.56 Å². The zero-order chi connectivity index (χ0) is 12.3. The minimum atomic E-state index is -0.393. The second-order valence-electron chi connectivity index (χ2n) is 3.95. The van der Waals surface area contributed by atoms with Crippen molar-refractivity contribution >= 4 is 5.97 Å². The first-order chi connectivity index (χ1) is 7.40. The van der Waals surface area contributed by atoms with Gasteiger partial charge in [-0.3, -0.25) is 4.79 Å². The van der Waals surface area contributed by atoms with Crippen LogP contribution in [0.1, 0.15) is 30.8 Å². The minimum Gasteiger partial charge on any atom is -0.463 e. The number of aromatic nitrogens is 2. The highest BCUT2D eigenvalue weighted by molar-refractivity contribution is 5.73. The number of rotatable bonds is 3. The fraction of sp³-hybridized carbons (Fsp3) is 0.545. The third-order valence-corrected chi connectivity index (χ3v) is 2.14. The molecule has 0 saturated heterocycles. The van der Waals surface area contributed by atoms with Gasteiger partial charge in [0, 0.05) is 17.0 Å². The molecule has 0 atom stereocenters. The van der Waals surface area contributed by atoms with E-state index in [1.165, 1.54) is 0 Å². The summed E-state index contributed by atoms with van der Waals surface area (Å²) in [5, 5.41) is 0. The lowest BCUT2D eigenvalue weighted by molar-refractivity contribution is -0.146. The Balaban J connectivity index is 2.89. The van der Waals surface area contributed by atoms with Gasteiger partial charge in [0.1, 0.15) is 0 Å². The first-order valence-electron chi connectivity index (χ1n) is 5.16. The van der Waals surface area contributed by atoms with Crippen LogP contribution in [0.5, 0.6) is 0 Å². The largest absolute Gasteiger partial charge is 0.463 e. The van der Waals surface area contributed by atoms with Crippen molar-refractivity contribution in [1.82, 2.24) is 9.97 Å². The average Bonchev–Trinajstić information content (AvgIpc) is 2.09. The van der Waals surface area contributed by atoms with Gasteiger partial charge in [0.15, 0.2) is 0 Å². The van der Waals surface area contributed by atoms with Crippen LogP contribution < -0.4 is 5.69 Å². The predicted octanol–water partition coefficient (Wildman–Crippen LogP) is 0.881. The molecule has 1 aromatic heterocycles. The van der Waals surface area contributed by atoms with Gasteiger partial charge in [0.25, 0.3) is 0 Å². The van der Waals surface area contributed by atoms with Gasteiger partial charge < -0.3 is 9.72 Å². The number of aromatic amines is 1. The molecule has 0 aliphatic carbocycles. The van der Waals surface area contributed by atoms with Gasteiger partial charge in [-0.25, -0.2) is 4.79 Å². The quantitative estimate of drug-likeness (QED) is 0.773. The molecule has 0 unspecified atom stereocenters. The van der Waals surface area contributed by atoms with E-state index >= 15 is 0 Å². The molecule has 0 bridgehead atoms. The molecule has 1 heterocycles. The fourth-order valence-electron chi connectivity index (χ4n) is 1.46. The molecule has 0 saturated carbocycles. The highest BCUT2D eigenvalue weighted by Gasteiger charge is 2.12. The molecule has 1 rings (SSSR count). The van der Waals surface area contributed by atoms with E-state index in [1.807, 2.05) is 0 Å². The summed E-state index contributed by atoms with van der Waals surface area (Å²) in [6.07, 6.45) is 0.00318. The first kappa shape index (κ1) is 12.4. The van der Waals surface area contributed by atoms with Crippen LogP contribution in [-0.4, -0.2) is 22.0 Å². The van der Waals surface area contributed by atoms with Crippen LogP contribution >= 0.6 is 0 Å². The predicted molar refractivity (Wildman–Crippen MR) is 59.3 cm³/mol. The summed E-state index contributed by atoms with van der Waals surface area (Å²) in [7, 11) is 0. The van der Waals surface area contributed by atoms with Gasteiger partial charge >= 0.3 is 11.7 Å². The van der Waals surface area contributed by atoms with Gasteiger partial charge in [0.05, 0.1) is 12.5 Å². The van der Waals surface area contributed by atoms with Gasteiger partial charge in [-0.1, -0.05) is 0 Å². The number of H-pyrrole nitrogens is 1. The third-order valence-electron chi connectivity index (χ3n) is 2.14. The molecular weight excluding hydrogens is 208 g/mol. The topological polar surface area (TPSA) is 72.0 Å². The summed E-state index contributed by atoms with van der Waals surface area (Å²) in [5.74, 6) is -0.310. The SMILES string of the molecule is Cc1nc(=O)[nH]c(C)c1CC(=O)OC(C)C. The number of carbonyl (C=O) groups is 1. The van der Waals surface area contributed by atoms with Crippen LogP contribution in [0.2, 0.25) is 0 Å². The maximum absolute atomic E-state index is 11.5. The van der Waals surface area contributed by atoms with Gasteiger partial charge in [-0.05, 0) is 27.7 Å². The Labute approximate surface area is 93.9 Å². The number of esters is 1. The van der Waals surface area contributed by atoms with E-state index in [9.17, 15) is 9.59 Å². The van der Waals surface area contributed by atoms with E-state index in [0.29, 0.717) is 11.4 Å². The Morgan fingerprint density at radius 1 is 1.44 bits per heavy atom. The Hall–Kier alpha value is -1.65. The smallest absolute Gasteiger partial charge is 0.345 e. The molecular formula is C11H16N2O3. The zero-order valence-electron chi connectivity index (χ0n) is 9.96. The van der Waals surface area contributed by atoms with Crippen molar-refractivity contribution in [2.24, 2.45) is 0 Å². The van der Waals surface area contributed by atoms with E-state index in [-0.39, 0.29) is 18.5 Å². The van der Waals surface area contributed by atoms with Gasteiger partial charge in [0.2, 0.25) is 0 Å². The van der Waals surface area contributed by atoms with Crippen molar-refractivity contribution < 1.29 is 9.53 Å². The maximum atomic E-state index is 11.5. The third kappa shape index (κ3) is 3.18. The molecule has 0 aliphatic rings. The van der Waals surface area contributed by atoms with E-state index in [4.69, 9.17) is 4.74 Å². The lowest BCUT2D eigenvalue weighted by Crippen LogP contribution is -2.20. The molecule has 0 aliphatic heterocycles. The number of nitrogens with one attached hydrogen (secondary N) is 1. The van der Waals surface area contributed by atoms with Crippen LogP contribution in [0.4, 0.5) is 0 Å². The van der Waals surface area contributed by atoms with Crippen molar-refractivity contribution in [3.8, 4) is 0 Å². The highest BCUT2D eigenvalue weighted by Crippen LogP contribution is 2.08. The molecule has 1 N–H and O–H groups in total. The average molecular weight is 224 g/mol. The Bertz CT molecular complexity index is 423. The van der Waals surface area contributed by atoms with E-state index in [2.05, 4.69) is 9.97 Å². The van der Waals surface area contributed by atoms with E-state index in [1.54, 1.807) is 27.7 Å². The van der Waals surface area contributed by atoms with Crippen molar-refractivity contribution in [1.29, 1.82) is 0 Å². The summed E-state index contributed by atoms with van der Waals surface area (Å²) in [6, 6.07) is 0. The van der Waals surface area contributed by atoms with Crippen molar-refractivity contribution in [2.45, 2.75) is 40.2 Å². The van der Waals surface area contributed by atoms with Gasteiger partial charge in [-0.15, -0.1) is 0 Å². The molecule has 5 nitrogen and oxygen atoms in total. The summed E-state index contributed by atoms with van der Waals surface area (Å²) in [6.45, 7) is 7.04.